The molecule has 0 fully saturated rings. The van der Waals surface area contributed by atoms with Crippen LogP contribution in [-0.4, -0.2) is 11.3 Å². The van der Waals surface area contributed by atoms with Crippen LogP contribution in [0.1, 0.15) is 13.8 Å². The van der Waals surface area contributed by atoms with Gasteiger partial charge in [-0.15, -0.1) is 23.2 Å². The van der Waals surface area contributed by atoms with E-state index >= 15 is 0 Å². The van der Waals surface area contributed by atoms with E-state index in [-0.39, 0.29) is 5.38 Å². The summed E-state index contributed by atoms with van der Waals surface area (Å²) in [6, 6.07) is 0. The van der Waals surface area contributed by atoms with Crippen LogP contribution in [0.3, 0.4) is 0 Å². The Hall–Kier alpha value is 0.320. The lowest BCUT2D eigenvalue weighted by Gasteiger charge is -1.94. The van der Waals surface area contributed by atoms with Gasteiger partial charge in [0.1, 0.15) is 0 Å². The highest BCUT2D eigenvalue weighted by Gasteiger charge is 1.89. The lowest BCUT2D eigenvalue weighted by Crippen LogP contribution is -1.86. The second-order valence-corrected chi connectivity index (χ2v) is 2.78. The van der Waals surface area contributed by atoms with Crippen molar-refractivity contribution in [2.24, 2.45) is 0 Å². The zero-order chi connectivity index (χ0) is 6.57. The minimum atomic E-state index is 0.105. The highest BCUT2D eigenvalue weighted by Crippen LogP contribution is 2.02. The molecule has 0 amide bonds. The van der Waals surface area contributed by atoms with Crippen molar-refractivity contribution in [1.82, 2.24) is 0 Å². The Morgan fingerprint density at radius 3 is 2.38 bits per heavy atom. The second-order valence-electron chi connectivity index (χ2n) is 1.82. The van der Waals surface area contributed by atoms with E-state index in [9.17, 15) is 0 Å². The fourth-order valence-corrected chi connectivity index (χ4v) is 0.741. The lowest BCUT2D eigenvalue weighted by atomic mass is 10.3. The maximum absolute atomic E-state index is 5.62. The van der Waals surface area contributed by atoms with Gasteiger partial charge < -0.3 is 0 Å². The molecule has 2 heteroatoms. The van der Waals surface area contributed by atoms with Crippen molar-refractivity contribution >= 4 is 23.2 Å². The summed E-state index contributed by atoms with van der Waals surface area (Å²) < 4.78 is 0. The Morgan fingerprint density at radius 2 is 2.25 bits per heavy atom. The van der Waals surface area contributed by atoms with Crippen LogP contribution in [0.4, 0.5) is 0 Å². The molecular weight excluding hydrogens is 143 g/mol. The molecule has 0 nitrogen and oxygen atoms in total. The van der Waals surface area contributed by atoms with Crippen molar-refractivity contribution in [2.45, 2.75) is 19.2 Å². The highest BCUT2D eigenvalue weighted by molar-refractivity contribution is 6.22. The van der Waals surface area contributed by atoms with Gasteiger partial charge in [-0.05, 0) is 13.8 Å². The number of hydrogen-bond donors (Lipinski definition) is 0. The molecule has 1 unspecified atom stereocenters. The Bertz CT molecular complexity index is 84.5. The fraction of sp³-hybridized carbons (Fsp3) is 0.667. The maximum Gasteiger partial charge on any atom is 0.0490 e. The standard InChI is InChI=1S/C6H10Cl2/c1-5(4-7)3-6(2)8/h3,6H,4H2,1-2H3. The fourth-order valence-electron chi connectivity index (χ4n) is 0.437. The van der Waals surface area contributed by atoms with Crippen LogP contribution in [0, 0.1) is 0 Å². The molecule has 0 bridgehead atoms. The zero-order valence-electron chi connectivity index (χ0n) is 5.12. The van der Waals surface area contributed by atoms with Crippen molar-refractivity contribution in [3.63, 3.8) is 0 Å². The summed E-state index contributed by atoms with van der Waals surface area (Å²) in [5.74, 6) is 0.580. The van der Waals surface area contributed by atoms with Crippen molar-refractivity contribution in [1.29, 1.82) is 0 Å². The van der Waals surface area contributed by atoms with Crippen molar-refractivity contribution in [2.75, 3.05) is 5.88 Å². The summed E-state index contributed by atoms with van der Waals surface area (Å²) in [6.07, 6.45) is 1.94. The molecule has 0 aliphatic carbocycles. The number of alkyl halides is 2. The molecule has 0 aromatic carbocycles. The predicted molar refractivity (Wildman–Crippen MR) is 39.8 cm³/mol. The molecule has 0 aromatic rings. The summed E-state index contributed by atoms with van der Waals surface area (Å²) in [6.45, 7) is 3.88. The molecule has 0 aromatic heterocycles. The van der Waals surface area contributed by atoms with Crippen LogP contribution >= 0.6 is 23.2 Å². The van der Waals surface area contributed by atoms with E-state index in [2.05, 4.69) is 0 Å². The Balaban J connectivity index is 3.56. The number of hydrogen-bond acceptors (Lipinski definition) is 0. The molecule has 0 aliphatic heterocycles. The summed E-state index contributed by atoms with van der Waals surface area (Å²) in [7, 11) is 0. The van der Waals surface area contributed by atoms with Gasteiger partial charge in [0.2, 0.25) is 0 Å². The molecule has 0 radical (unpaired) electrons. The van der Waals surface area contributed by atoms with E-state index in [1.54, 1.807) is 0 Å². The van der Waals surface area contributed by atoms with E-state index in [0.717, 1.165) is 5.57 Å². The molecule has 0 saturated heterocycles. The van der Waals surface area contributed by atoms with Gasteiger partial charge in [0, 0.05) is 11.3 Å². The minimum absolute atomic E-state index is 0.105. The maximum atomic E-state index is 5.62. The van der Waals surface area contributed by atoms with Crippen LogP contribution < -0.4 is 0 Å². The molecular formula is C6H10Cl2. The van der Waals surface area contributed by atoms with Gasteiger partial charge in [-0.1, -0.05) is 11.6 Å². The normalized spacial score (nSPS) is 16.2. The quantitative estimate of drug-likeness (QED) is 0.422. The average molecular weight is 153 g/mol. The Morgan fingerprint density at radius 1 is 1.75 bits per heavy atom. The van der Waals surface area contributed by atoms with Gasteiger partial charge in [0.05, 0.1) is 0 Å². The Labute approximate surface area is 60.5 Å². The first-order valence-corrected chi connectivity index (χ1v) is 3.51. The molecule has 0 saturated carbocycles. The van der Waals surface area contributed by atoms with Crippen LogP contribution in [0.2, 0.25) is 0 Å². The average Bonchev–Trinajstić information content (AvgIpc) is 1.65. The van der Waals surface area contributed by atoms with Crippen LogP contribution in [0.15, 0.2) is 11.6 Å². The molecule has 0 rings (SSSR count). The van der Waals surface area contributed by atoms with Gasteiger partial charge in [-0.3, -0.25) is 0 Å². The molecule has 0 N–H and O–H groups in total. The Kier molecular flexibility index (Phi) is 4.39. The SMILES string of the molecule is CC(=CC(C)Cl)CCl. The lowest BCUT2D eigenvalue weighted by molar-refractivity contribution is 1.18. The smallest absolute Gasteiger partial charge is 0.0490 e. The van der Waals surface area contributed by atoms with Crippen LogP contribution in [-0.2, 0) is 0 Å². The zero-order valence-corrected chi connectivity index (χ0v) is 6.63. The molecule has 0 heterocycles. The summed E-state index contributed by atoms with van der Waals surface area (Å²) in [4.78, 5) is 0. The van der Waals surface area contributed by atoms with Crippen molar-refractivity contribution in [3.05, 3.63) is 11.6 Å². The van der Waals surface area contributed by atoms with Gasteiger partial charge >= 0.3 is 0 Å². The van der Waals surface area contributed by atoms with Crippen LogP contribution in [0.5, 0.6) is 0 Å². The molecule has 48 valence electrons. The third-order valence-electron chi connectivity index (χ3n) is 0.725. The van der Waals surface area contributed by atoms with Gasteiger partial charge in [0.15, 0.2) is 0 Å². The topological polar surface area (TPSA) is 0 Å². The van der Waals surface area contributed by atoms with Gasteiger partial charge in [0.25, 0.3) is 0 Å². The van der Waals surface area contributed by atoms with E-state index in [4.69, 9.17) is 23.2 Å². The van der Waals surface area contributed by atoms with E-state index in [1.165, 1.54) is 0 Å². The van der Waals surface area contributed by atoms with Crippen molar-refractivity contribution < 1.29 is 0 Å². The van der Waals surface area contributed by atoms with Gasteiger partial charge in [-0.25, -0.2) is 0 Å². The van der Waals surface area contributed by atoms with E-state index < -0.39 is 0 Å². The van der Waals surface area contributed by atoms with Crippen molar-refractivity contribution in [3.8, 4) is 0 Å². The minimum Gasteiger partial charge on any atom is -0.122 e. The van der Waals surface area contributed by atoms with Gasteiger partial charge in [-0.2, -0.15) is 0 Å². The number of rotatable bonds is 2. The van der Waals surface area contributed by atoms with E-state index in [0.29, 0.717) is 5.88 Å². The predicted octanol–water partition coefficient (Wildman–Crippen LogP) is 2.80. The highest BCUT2D eigenvalue weighted by atomic mass is 35.5. The number of halogens is 2. The first kappa shape index (κ1) is 8.32. The summed E-state index contributed by atoms with van der Waals surface area (Å²) in [5.41, 5.74) is 1.13. The molecule has 8 heavy (non-hydrogen) atoms. The second kappa shape index (κ2) is 4.22. The van der Waals surface area contributed by atoms with E-state index in [1.807, 2.05) is 19.9 Å². The molecule has 1 atom stereocenters. The monoisotopic (exact) mass is 152 g/mol. The van der Waals surface area contributed by atoms with Crippen LogP contribution in [0.25, 0.3) is 0 Å². The summed E-state index contributed by atoms with van der Waals surface area (Å²) >= 11 is 11.1. The third kappa shape index (κ3) is 4.48. The molecule has 0 spiro atoms. The summed E-state index contributed by atoms with van der Waals surface area (Å²) in [5, 5.41) is 0.105. The largest absolute Gasteiger partial charge is 0.122 e. The first-order valence-electron chi connectivity index (χ1n) is 2.54. The molecule has 0 aliphatic rings. The third-order valence-corrected chi connectivity index (χ3v) is 1.27. The number of allylic oxidation sites excluding steroid dienone is 2. The first-order chi connectivity index (χ1) is 3.66.